The molecular formula is C21H19FN4O4S. The molecule has 2 saturated heterocycles. The average Bonchev–Trinajstić information content (AvgIpc) is 3.31. The van der Waals surface area contributed by atoms with Crippen LogP contribution >= 0.6 is 11.3 Å². The van der Waals surface area contributed by atoms with Crippen LogP contribution in [0.5, 0.6) is 0 Å². The van der Waals surface area contributed by atoms with Crippen LogP contribution in [0.2, 0.25) is 0 Å². The molecular weight excluding hydrogens is 423 g/mol. The Hall–Kier alpha value is -2.82. The lowest BCUT2D eigenvalue weighted by molar-refractivity contribution is -0.0117. The molecule has 0 amide bonds. The number of rotatable bonds is 2. The van der Waals surface area contributed by atoms with Gasteiger partial charge in [0.15, 0.2) is 0 Å². The topological polar surface area (TPSA) is 86.8 Å². The molecule has 0 aliphatic carbocycles. The molecule has 8 nitrogen and oxygen atoms in total. The fraction of sp³-hybridized carbons (Fsp3) is 0.381. The number of halogens is 1. The Labute approximate surface area is 179 Å². The first-order chi connectivity index (χ1) is 15.0. The number of pyridine rings is 1. The van der Waals surface area contributed by atoms with Gasteiger partial charge in [-0.25, -0.2) is 9.18 Å². The van der Waals surface area contributed by atoms with Crippen molar-refractivity contribution in [2.75, 3.05) is 51.3 Å². The number of carbonyl (C=O) groups is 1. The number of piperazine rings is 1. The standard InChI is InChI=1S/C21H19FN4O4S/c1-23-16-13-9-31-20-15(21(28)29)19(27)11-6-12(22)18(14(16)17(11)26(13)20)25-3-2-24-4-5-30-8-10(24)7-25/h6,9-10H,2-5,7-8H2,1H3,(H,28,29)/t10-/m1/s1. The highest BCUT2D eigenvalue weighted by Gasteiger charge is 2.34. The van der Waals surface area contributed by atoms with Gasteiger partial charge in [-0.3, -0.25) is 19.1 Å². The number of morpholine rings is 1. The van der Waals surface area contributed by atoms with E-state index in [1.807, 2.05) is 4.90 Å². The van der Waals surface area contributed by atoms with E-state index in [9.17, 15) is 14.7 Å². The molecule has 5 heterocycles. The third-order valence-corrected chi connectivity index (χ3v) is 7.48. The quantitative estimate of drug-likeness (QED) is 0.506. The van der Waals surface area contributed by atoms with E-state index in [2.05, 4.69) is 9.89 Å². The normalized spacial score (nSPS) is 21.0. The number of hydrogen-bond donors (Lipinski definition) is 1. The minimum atomic E-state index is -1.31. The third kappa shape index (κ3) is 2.43. The molecule has 2 fully saturated rings. The molecule has 6 rings (SSSR count). The molecule has 160 valence electrons. The van der Waals surface area contributed by atoms with Crippen molar-refractivity contribution in [3.8, 4) is 0 Å². The minimum Gasteiger partial charge on any atom is -0.477 e. The van der Waals surface area contributed by atoms with Gasteiger partial charge in [-0.05, 0) is 6.07 Å². The molecule has 0 spiro atoms. The summed E-state index contributed by atoms with van der Waals surface area (Å²) in [4.78, 5) is 34.0. The molecule has 0 unspecified atom stereocenters. The molecule has 31 heavy (non-hydrogen) atoms. The lowest BCUT2D eigenvalue weighted by Crippen LogP contribution is -2.58. The van der Waals surface area contributed by atoms with Gasteiger partial charge in [0.25, 0.3) is 0 Å². The molecule has 2 aliphatic rings. The Kier molecular flexibility index (Phi) is 4.02. The van der Waals surface area contributed by atoms with Gasteiger partial charge in [0.2, 0.25) is 5.43 Å². The SMILES string of the molecule is CN=c1c2c(N3CCN4CCOC[C@H]4C3)c(F)cc3c(=O)c(C(=O)O)c4scc1n4c32. The summed E-state index contributed by atoms with van der Waals surface area (Å²) in [6.07, 6.45) is 0. The number of aromatic carboxylic acids is 1. The molecule has 1 aromatic carbocycles. The van der Waals surface area contributed by atoms with Crippen LogP contribution in [0.3, 0.4) is 0 Å². The number of fused-ring (bicyclic) bond motifs is 1. The van der Waals surface area contributed by atoms with Gasteiger partial charge >= 0.3 is 5.97 Å². The van der Waals surface area contributed by atoms with Gasteiger partial charge in [-0.15, -0.1) is 11.3 Å². The van der Waals surface area contributed by atoms with E-state index in [1.165, 1.54) is 17.4 Å². The van der Waals surface area contributed by atoms with E-state index in [0.717, 1.165) is 13.1 Å². The number of anilines is 1. The smallest absolute Gasteiger partial charge is 0.342 e. The Morgan fingerprint density at radius 3 is 2.97 bits per heavy atom. The number of carboxylic acid groups (broad SMARTS) is 1. The average molecular weight is 442 g/mol. The number of nitrogens with zero attached hydrogens (tertiary/aromatic N) is 4. The largest absolute Gasteiger partial charge is 0.477 e. The second-order valence-electron chi connectivity index (χ2n) is 8.03. The van der Waals surface area contributed by atoms with E-state index >= 15 is 4.39 Å². The van der Waals surface area contributed by atoms with Crippen LogP contribution in [0, 0.1) is 5.82 Å². The van der Waals surface area contributed by atoms with Crippen molar-refractivity contribution in [1.82, 2.24) is 9.30 Å². The highest BCUT2D eigenvalue weighted by Crippen LogP contribution is 2.37. The third-order valence-electron chi connectivity index (χ3n) is 6.53. The molecule has 1 atom stereocenters. The summed E-state index contributed by atoms with van der Waals surface area (Å²) in [5.41, 5.74) is 0.672. The fourth-order valence-corrected chi connectivity index (χ4v) is 6.21. The Balaban J connectivity index is 1.68. The van der Waals surface area contributed by atoms with Crippen LogP contribution in [0.1, 0.15) is 10.4 Å². The van der Waals surface area contributed by atoms with Crippen LogP contribution < -0.4 is 15.7 Å². The van der Waals surface area contributed by atoms with Crippen LogP contribution in [-0.2, 0) is 4.74 Å². The molecule has 4 aromatic rings. The molecule has 2 aliphatic heterocycles. The number of ether oxygens (including phenoxy) is 1. The van der Waals surface area contributed by atoms with Crippen LogP contribution in [0.4, 0.5) is 10.1 Å². The van der Waals surface area contributed by atoms with Crippen molar-refractivity contribution in [2.45, 2.75) is 6.04 Å². The summed E-state index contributed by atoms with van der Waals surface area (Å²) in [7, 11) is 1.63. The monoisotopic (exact) mass is 442 g/mol. The summed E-state index contributed by atoms with van der Waals surface area (Å²) >= 11 is 1.19. The predicted octanol–water partition coefficient (Wildman–Crippen LogP) is 1.43. The van der Waals surface area contributed by atoms with Crippen LogP contribution in [-0.4, -0.2) is 72.9 Å². The summed E-state index contributed by atoms with van der Waals surface area (Å²) in [6, 6.07) is 1.37. The maximum atomic E-state index is 15.6. The molecule has 10 heteroatoms. The maximum absolute atomic E-state index is 15.6. The number of benzene rings is 1. The van der Waals surface area contributed by atoms with Gasteiger partial charge < -0.3 is 14.7 Å². The summed E-state index contributed by atoms with van der Waals surface area (Å²) in [5, 5.41) is 12.7. The van der Waals surface area contributed by atoms with Crippen molar-refractivity contribution >= 4 is 49.6 Å². The van der Waals surface area contributed by atoms with E-state index < -0.39 is 17.2 Å². The predicted molar refractivity (Wildman–Crippen MR) is 116 cm³/mol. The summed E-state index contributed by atoms with van der Waals surface area (Å²) in [5.74, 6) is -1.84. The first-order valence-electron chi connectivity index (χ1n) is 10.1. The highest BCUT2D eigenvalue weighted by atomic mass is 32.1. The molecule has 0 radical (unpaired) electrons. The van der Waals surface area contributed by atoms with Crippen molar-refractivity contribution in [1.29, 1.82) is 0 Å². The van der Waals surface area contributed by atoms with Crippen molar-refractivity contribution in [3.05, 3.63) is 38.4 Å². The maximum Gasteiger partial charge on any atom is 0.342 e. The lowest BCUT2D eigenvalue weighted by atomic mass is 10.0. The Bertz CT molecular complexity index is 1480. The number of hydrogen-bond acceptors (Lipinski definition) is 7. The second-order valence-corrected chi connectivity index (χ2v) is 8.89. The van der Waals surface area contributed by atoms with Crippen LogP contribution in [0.15, 0.2) is 21.2 Å². The highest BCUT2D eigenvalue weighted by molar-refractivity contribution is 7.16. The molecule has 0 bridgehead atoms. The van der Waals surface area contributed by atoms with Crippen molar-refractivity contribution in [3.63, 3.8) is 0 Å². The van der Waals surface area contributed by atoms with E-state index in [4.69, 9.17) is 4.74 Å². The van der Waals surface area contributed by atoms with Gasteiger partial charge in [-0.1, -0.05) is 0 Å². The summed E-state index contributed by atoms with van der Waals surface area (Å²) < 4.78 is 23.0. The summed E-state index contributed by atoms with van der Waals surface area (Å²) in [6.45, 7) is 4.27. The Morgan fingerprint density at radius 1 is 1.35 bits per heavy atom. The molecule has 1 N–H and O–H groups in total. The number of carboxylic acids is 1. The lowest BCUT2D eigenvalue weighted by Gasteiger charge is -2.44. The number of thiazole rings is 1. The van der Waals surface area contributed by atoms with Crippen LogP contribution in [0.25, 0.3) is 26.6 Å². The van der Waals surface area contributed by atoms with Crippen molar-refractivity contribution in [2.24, 2.45) is 4.99 Å². The zero-order chi connectivity index (χ0) is 21.4. The Morgan fingerprint density at radius 2 is 2.19 bits per heavy atom. The van der Waals surface area contributed by atoms with Gasteiger partial charge in [-0.2, -0.15) is 0 Å². The second kappa shape index (κ2) is 6.59. The number of aromatic nitrogens is 1. The van der Waals surface area contributed by atoms with Crippen molar-refractivity contribution < 1.29 is 19.0 Å². The molecule has 0 saturated carbocycles. The zero-order valence-corrected chi connectivity index (χ0v) is 17.5. The van der Waals surface area contributed by atoms with Gasteiger partial charge in [0.1, 0.15) is 16.2 Å². The zero-order valence-electron chi connectivity index (χ0n) is 16.7. The first-order valence-corrected chi connectivity index (χ1v) is 11.0. The minimum absolute atomic E-state index is 0.0732. The van der Waals surface area contributed by atoms with Gasteiger partial charge in [0.05, 0.1) is 52.1 Å². The van der Waals surface area contributed by atoms with E-state index in [1.54, 1.807) is 16.8 Å². The van der Waals surface area contributed by atoms with Gasteiger partial charge in [0, 0.05) is 38.6 Å². The fourth-order valence-electron chi connectivity index (χ4n) is 5.17. The molecule has 3 aromatic heterocycles. The van der Waals surface area contributed by atoms with E-state index in [0.29, 0.717) is 58.6 Å². The van der Waals surface area contributed by atoms with E-state index in [-0.39, 0.29) is 17.0 Å². The first kappa shape index (κ1) is 18.9.